The van der Waals surface area contributed by atoms with Gasteiger partial charge in [0.15, 0.2) is 9.84 Å². The third kappa shape index (κ3) is 5.08. The molecule has 180 valence electrons. The van der Waals surface area contributed by atoms with Crippen molar-refractivity contribution < 1.29 is 22.7 Å². The fourth-order valence-electron chi connectivity index (χ4n) is 3.71. The zero-order chi connectivity index (χ0) is 24.6. The van der Waals surface area contributed by atoms with Crippen LogP contribution in [0.15, 0.2) is 59.5 Å². The maximum absolute atomic E-state index is 12.9. The van der Waals surface area contributed by atoms with Gasteiger partial charge in [0, 0.05) is 17.9 Å². The number of hydrogen-bond acceptors (Lipinski definition) is 7. The van der Waals surface area contributed by atoms with Crippen LogP contribution in [0.3, 0.4) is 0 Å². The molecule has 3 heterocycles. The molecule has 2 amide bonds. The van der Waals surface area contributed by atoms with E-state index >= 15 is 0 Å². The lowest BCUT2D eigenvalue weighted by Crippen LogP contribution is -2.41. The summed E-state index contributed by atoms with van der Waals surface area (Å²) in [6.45, 7) is 0.937. The molecule has 1 aliphatic heterocycles. The SMILES string of the molecule is O=C(CS(=O)(=O)c1ccc2nc(-c3ccc(Cl)s3)[nH]c2c1)Nc1ccc(N2CCOCC2=O)cc1. The minimum absolute atomic E-state index is 0.0146. The lowest BCUT2D eigenvalue weighted by Gasteiger charge is -2.26. The maximum atomic E-state index is 12.9. The van der Waals surface area contributed by atoms with Crippen molar-refractivity contribution in [3.8, 4) is 10.7 Å². The number of aromatic amines is 1. The van der Waals surface area contributed by atoms with E-state index in [1.807, 2.05) is 6.07 Å². The molecule has 4 aromatic rings. The smallest absolute Gasteiger partial charge is 0.253 e. The molecular formula is C23H19ClN4O5S2. The van der Waals surface area contributed by atoms with Gasteiger partial charge in [-0.25, -0.2) is 13.4 Å². The lowest BCUT2D eigenvalue weighted by atomic mass is 10.2. The maximum Gasteiger partial charge on any atom is 0.253 e. The second-order valence-electron chi connectivity index (χ2n) is 7.82. The molecule has 0 saturated carbocycles. The van der Waals surface area contributed by atoms with Crippen LogP contribution in [-0.2, 0) is 24.2 Å². The van der Waals surface area contributed by atoms with Gasteiger partial charge >= 0.3 is 0 Å². The van der Waals surface area contributed by atoms with E-state index < -0.39 is 21.5 Å². The van der Waals surface area contributed by atoms with Crippen LogP contribution in [0.5, 0.6) is 0 Å². The Morgan fingerprint density at radius 1 is 1.17 bits per heavy atom. The number of halogens is 1. The van der Waals surface area contributed by atoms with Crippen molar-refractivity contribution >= 4 is 67.0 Å². The Hall–Kier alpha value is -3.25. The van der Waals surface area contributed by atoms with Gasteiger partial charge in [-0.15, -0.1) is 11.3 Å². The van der Waals surface area contributed by atoms with Crippen molar-refractivity contribution in [2.45, 2.75) is 4.90 Å². The van der Waals surface area contributed by atoms with Crippen LogP contribution >= 0.6 is 22.9 Å². The van der Waals surface area contributed by atoms with E-state index in [9.17, 15) is 18.0 Å². The molecule has 2 N–H and O–H groups in total. The average Bonchev–Trinajstić information content (AvgIpc) is 3.45. The van der Waals surface area contributed by atoms with Crippen molar-refractivity contribution in [2.75, 3.05) is 35.7 Å². The number of nitrogens with one attached hydrogen (secondary N) is 2. The standard InChI is InChI=1S/C23H19ClN4O5S2/c24-20-8-7-19(34-20)23-26-17-6-5-16(11-18(17)27-23)35(31,32)13-21(29)25-14-1-3-15(4-2-14)28-9-10-33-12-22(28)30/h1-8,11H,9-10,12-13H2,(H,25,29)(H,26,27). The molecular weight excluding hydrogens is 512 g/mol. The minimum atomic E-state index is -3.90. The van der Waals surface area contributed by atoms with Gasteiger partial charge in [-0.2, -0.15) is 0 Å². The molecule has 1 aliphatic rings. The third-order valence-electron chi connectivity index (χ3n) is 5.39. The van der Waals surface area contributed by atoms with Crippen molar-refractivity contribution in [1.82, 2.24) is 9.97 Å². The molecule has 9 nitrogen and oxygen atoms in total. The number of sulfone groups is 1. The van der Waals surface area contributed by atoms with Crippen LogP contribution in [0.2, 0.25) is 4.34 Å². The Kier molecular flexibility index (Phi) is 6.32. The summed E-state index contributed by atoms with van der Waals surface area (Å²) in [4.78, 5) is 34.5. The topological polar surface area (TPSA) is 121 Å². The number of imidazole rings is 1. The summed E-state index contributed by atoms with van der Waals surface area (Å²) in [6.07, 6.45) is 0. The summed E-state index contributed by atoms with van der Waals surface area (Å²) in [5.41, 5.74) is 2.25. The van der Waals surface area contributed by atoms with Gasteiger partial charge < -0.3 is 19.9 Å². The van der Waals surface area contributed by atoms with E-state index in [4.69, 9.17) is 16.3 Å². The molecule has 2 aromatic heterocycles. The molecule has 1 saturated heterocycles. The molecule has 0 aliphatic carbocycles. The molecule has 0 bridgehead atoms. The molecule has 0 unspecified atom stereocenters. The Morgan fingerprint density at radius 2 is 1.97 bits per heavy atom. The van der Waals surface area contributed by atoms with E-state index in [1.165, 1.54) is 23.5 Å². The fraction of sp³-hybridized carbons (Fsp3) is 0.174. The van der Waals surface area contributed by atoms with Gasteiger partial charge in [-0.05, 0) is 54.6 Å². The summed E-state index contributed by atoms with van der Waals surface area (Å²) in [6, 6.07) is 14.7. The summed E-state index contributed by atoms with van der Waals surface area (Å²) in [5, 5.41) is 2.60. The molecule has 0 radical (unpaired) electrons. The Balaban J connectivity index is 1.27. The first-order valence-corrected chi connectivity index (χ1v) is 13.4. The van der Waals surface area contributed by atoms with E-state index in [0.717, 1.165) is 4.88 Å². The van der Waals surface area contributed by atoms with E-state index in [-0.39, 0.29) is 17.4 Å². The normalized spacial score (nSPS) is 14.4. The molecule has 35 heavy (non-hydrogen) atoms. The van der Waals surface area contributed by atoms with Crippen molar-refractivity contribution in [3.05, 3.63) is 58.9 Å². The number of amides is 2. The first kappa shape index (κ1) is 23.5. The molecule has 12 heteroatoms. The van der Waals surface area contributed by atoms with Crippen LogP contribution in [0.25, 0.3) is 21.7 Å². The first-order valence-electron chi connectivity index (χ1n) is 10.5. The molecule has 2 aromatic carbocycles. The quantitative estimate of drug-likeness (QED) is 0.392. The van der Waals surface area contributed by atoms with E-state index in [1.54, 1.807) is 41.3 Å². The van der Waals surface area contributed by atoms with Gasteiger partial charge in [0.2, 0.25) is 5.91 Å². The number of H-pyrrole nitrogens is 1. The Bertz CT molecular complexity index is 1530. The van der Waals surface area contributed by atoms with Gasteiger partial charge in [0.25, 0.3) is 5.91 Å². The number of hydrogen-bond donors (Lipinski definition) is 2. The van der Waals surface area contributed by atoms with Gasteiger partial charge in [0.05, 0.1) is 31.7 Å². The van der Waals surface area contributed by atoms with Crippen LogP contribution in [0.1, 0.15) is 0 Å². The van der Waals surface area contributed by atoms with E-state index in [0.29, 0.717) is 45.7 Å². The second-order valence-corrected chi connectivity index (χ2v) is 11.5. The van der Waals surface area contributed by atoms with Crippen LogP contribution in [0.4, 0.5) is 11.4 Å². The molecule has 0 atom stereocenters. The Morgan fingerprint density at radius 3 is 2.69 bits per heavy atom. The monoisotopic (exact) mass is 530 g/mol. The molecule has 5 rings (SSSR count). The van der Waals surface area contributed by atoms with Crippen LogP contribution < -0.4 is 10.2 Å². The number of aromatic nitrogens is 2. The highest BCUT2D eigenvalue weighted by Gasteiger charge is 2.22. The summed E-state index contributed by atoms with van der Waals surface area (Å²) in [5.74, 6) is -0.936. The predicted molar refractivity (Wildman–Crippen MR) is 135 cm³/mol. The highest BCUT2D eigenvalue weighted by molar-refractivity contribution is 7.92. The number of fused-ring (bicyclic) bond motifs is 1. The molecule has 0 spiro atoms. The minimum Gasteiger partial charge on any atom is -0.370 e. The number of anilines is 2. The summed E-state index contributed by atoms with van der Waals surface area (Å²) in [7, 11) is -3.90. The number of carbonyl (C=O) groups is 2. The molecule has 1 fully saturated rings. The van der Waals surface area contributed by atoms with E-state index in [2.05, 4.69) is 15.3 Å². The van der Waals surface area contributed by atoms with Gasteiger partial charge in [0.1, 0.15) is 18.2 Å². The van der Waals surface area contributed by atoms with Crippen molar-refractivity contribution in [1.29, 1.82) is 0 Å². The number of carbonyl (C=O) groups excluding carboxylic acids is 2. The number of rotatable bonds is 6. The van der Waals surface area contributed by atoms with Gasteiger partial charge in [-0.3, -0.25) is 9.59 Å². The van der Waals surface area contributed by atoms with Crippen molar-refractivity contribution in [3.63, 3.8) is 0 Å². The highest BCUT2D eigenvalue weighted by atomic mass is 35.5. The average molecular weight is 531 g/mol. The second kappa shape index (κ2) is 9.42. The fourth-order valence-corrected chi connectivity index (χ4v) is 5.85. The number of benzene rings is 2. The largest absolute Gasteiger partial charge is 0.370 e. The predicted octanol–water partition coefficient (Wildman–Crippen LogP) is 3.72. The van der Waals surface area contributed by atoms with Crippen LogP contribution in [0, 0.1) is 0 Å². The number of thiophene rings is 1. The summed E-state index contributed by atoms with van der Waals surface area (Å²) >= 11 is 7.35. The lowest BCUT2D eigenvalue weighted by molar-refractivity contribution is -0.125. The third-order valence-corrected chi connectivity index (χ3v) is 8.24. The van der Waals surface area contributed by atoms with Crippen molar-refractivity contribution in [2.24, 2.45) is 0 Å². The zero-order valence-corrected chi connectivity index (χ0v) is 20.5. The summed E-state index contributed by atoms with van der Waals surface area (Å²) < 4.78 is 31.5. The number of morpholine rings is 1. The van der Waals surface area contributed by atoms with Crippen LogP contribution in [-0.4, -0.2) is 55.7 Å². The number of ether oxygens (including phenoxy) is 1. The van der Waals surface area contributed by atoms with Gasteiger partial charge in [-0.1, -0.05) is 11.6 Å². The number of nitrogens with zero attached hydrogens (tertiary/aromatic N) is 2. The zero-order valence-electron chi connectivity index (χ0n) is 18.2. The Labute approximate surface area is 209 Å². The first-order chi connectivity index (χ1) is 16.8. The highest BCUT2D eigenvalue weighted by Crippen LogP contribution is 2.31.